The average Bonchev–Trinajstić information content (AvgIpc) is 3.22. The van der Waals surface area contributed by atoms with Gasteiger partial charge in [-0.2, -0.15) is 0 Å². The molecule has 2 atom stereocenters. The molecule has 2 unspecified atom stereocenters. The van der Waals surface area contributed by atoms with E-state index in [-0.39, 0.29) is 18.4 Å². The Labute approximate surface area is 158 Å². The predicted octanol–water partition coefficient (Wildman–Crippen LogP) is 3.50. The molecule has 2 aliphatic rings. The Morgan fingerprint density at radius 3 is 2.54 bits per heavy atom. The van der Waals surface area contributed by atoms with Crippen LogP contribution < -0.4 is 5.32 Å². The minimum absolute atomic E-state index is 0.180. The van der Waals surface area contributed by atoms with Crippen LogP contribution in [0.5, 0.6) is 0 Å². The molecule has 1 heterocycles. The second kappa shape index (κ2) is 6.93. The summed E-state index contributed by atoms with van der Waals surface area (Å²) in [6.45, 7) is 7.92. The van der Waals surface area contributed by atoms with Crippen molar-refractivity contribution in [2.45, 2.75) is 77.4 Å². The molecule has 2 aliphatic carbocycles. The Balaban J connectivity index is 1.81. The summed E-state index contributed by atoms with van der Waals surface area (Å²) < 4.78 is 5.66. The van der Waals surface area contributed by atoms with E-state index >= 15 is 0 Å². The molecule has 1 amide bonds. The maximum absolute atomic E-state index is 12.9. The van der Waals surface area contributed by atoms with Crippen molar-refractivity contribution in [1.29, 1.82) is 0 Å². The van der Waals surface area contributed by atoms with E-state index in [1.807, 2.05) is 27.7 Å². The van der Waals surface area contributed by atoms with Crippen molar-refractivity contribution in [3.05, 3.63) is 15.6 Å². The van der Waals surface area contributed by atoms with Crippen LogP contribution in [0.3, 0.4) is 0 Å². The van der Waals surface area contributed by atoms with Crippen LogP contribution in [0.4, 0.5) is 0 Å². The van der Waals surface area contributed by atoms with Gasteiger partial charge in [0, 0.05) is 24.4 Å². The van der Waals surface area contributed by atoms with Crippen molar-refractivity contribution in [1.82, 2.24) is 10.3 Å². The van der Waals surface area contributed by atoms with Crippen LogP contribution in [-0.2, 0) is 9.53 Å². The van der Waals surface area contributed by atoms with E-state index in [1.54, 1.807) is 0 Å². The van der Waals surface area contributed by atoms with E-state index in [9.17, 15) is 14.7 Å². The zero-order chi connectivity index (χ0) is 19.1. The molecule has 2 fully saturated rings. The lowest BCUT2D eigenvalue weighted by Crippen LogP contribution is -2.76. The summed E-state index contributed by atoms with van der Waals surface area (Å²) in [5, 5.41) is 13.7. The van der Waals surface area contributed by atoms with Gasteiger partial charge in [0.2, 0.25) is 0 Å². The molecule has 2 saturated carbocycles. The van der Waals surface area contributed by atoms with E-state index in [1.165, 1.54) is 24.2 Å². The predicted molar refractivity (Wildman–Crippen MR) is 99.7 cm³/mol. The van der Waals surface area contributed by atoms with E-state index in [4.69, 9.17) is 4.74 Å². The zero-order valence-corrected chi connectivity index (χ0v) is 16.7. The minimum Gasteiger partial charge on any atom is -0.479 e. The van der Waals surface area contributed by atoms with Gasteiger partial charge in [-0.25, -0.2) is 9.78 Å². The number of nitrogens with zero attached hydrogens (tertiary/aromatic N) is 1. The Hall–Kier alpha value is -1.47. The Kier molecular flexibility index (Phi) is 5.14. The highest BCUT2D eigenvalue weighted by Gasteiger charge is 2.66. The molecule has 6 nitrogen and oxygen atoms in total. The lowest BCUT2D eigenvalue weighted by molar-refractivity contribution is -0.190. The summed E-state index contributed by atoms with van der Waals surface area (Å²) >= 11 is 1.42. The van der Waals surface area contributed by atoms with Gasteiger partial charge < -0.3 is 15.2 Å². The molecule has 3 rings (SSSR count). The number of carboxylic acids is 1. The molecule has 1 aromatic rings. The van der Waals surface area contributed by atoms with Crippen LogP contribution in [0, 0.1) is 12.3 Å². The third-order valence-corrected chi connectivity index (χ3v) is 7.50. The van der Waals surface area contributed by atoms with Crippen LogP contribution in [0.25, 0.3) is 0 Å². The third-order valence-electron chi connectivity index (χ3n) is 6.18. The molecule has 7 heteroatoms. The highest BCUT2D eigenvalue weighted by atomic mass is 32.1. The molecule has 0 aromatic carbocycles. The third kappa shape index (κ3) is 2.95. The minimum atomic E-state index is -1.31. The molecule has 0 bridgehead atoms. The van der Waals surface area contributed by atoms with Crippen molar-refractivity contribution in [2.75, 3.05) is 6.61 Å². The number of aromatic nitrogens is 1. The summed E-state index contributed by atoms with van der Waals surface area (Å²) in [7, 11) is 0. The number of nitrogens with one attached hydrogen (secondary N) is 1. The second-order valence-electron chi connectivity index (χ2n) is 7.98. The van der Waals surface area contributed by atoms with E-state index in [0.29, 0.717) is 23.1 Å². The molecule has 0 radical (unpaired) electrons. The van der Waals surface area contributed by atoms with E-state index in [2.05, 4.69) is 10.3 Å². The number of carboxylic acid groups (broad SMARTS) is 1. The van der Waals surface area contributed by atoms with Gasteiger partial charge in [0.05, 0.1) is 16.8 Å². The number of carbonyl (C=O) groups is 2. The van der Waals surface area contributed by atoms with Gasteiger partial charge in [-0.1, -0.05) is 26.7 Å². The number of hydrogen-bond donors (Lipinski definition) is 2. The number of rotatable bonds is 6. The van der Waals surface area contributed by atoms with E-state index in [0.717, 1.165) is 17.8 Å². The molecule has 0 spiro atoms. The van der Waals surface area contributed by atoms with Crippen molar-refractivity contribution >= 4 is 23.2 Å². The molecule has 2 N–H and O–H groups in total. The maximum Gasteiger partial charge on any atom is 0.330 e. The summed E-state index contributed by atoms with van der Waals surface area (Å²) in [6.07, 6.45) is 4.76. The Morgan fingerprint density at radius 2 is 2.00 bits per heavy atom. The standard InChI is InChI=1S/C19H28N2O4S/c1-5-25-13-10-19(17(23)24,18(13,3)4)21-15(22)14-11(2)20-16(26-14)12-8-6-7-9-12/h12-13H,5-10H2,1-4H3,(H,21,22)(H,23,24). The number of aryl methyl sites for hydroxylation is 1. The molecule has 26 heavy (non-hydrogen) atoms. The number of ether oxygens (including phenoxy) is 1. The van der Waals surface area contributed by atoms with Crippen LogP contribution in [-0.4, -0.2) is 40.2 Å². The molecule has 144 valence electrons. The largest absolute Gasteiger partial charge is 0.479 e. The summed E-state index contributed by atoms with van der Waals surface area (Å²) in [5.74, 6) is -0.907. The van der Waals surface area contributed by atoms with Gasteiger partial charge in [-0.05, 0) is 26.7 Å². The number of thiazole rings is 1. The lowest BCUT2D eigenvalue weighted by Gasteiger charge is -2.58. The fourth-order valence-corrected chi connectivity index (χ4v) is 5.39. The number of amides is 1. The molecule has 1 aromatic heterocycles. The first-order valence-corrected chi connectivity index (χ1v) is 10.2. The van der Waals surface area contributed by atoms with Crippen LogP contribution in [0.15, 0.2) is 0 Å². The van der Waals surface area contributed by atoms with Gasteiger partial charge in [-0.3, -0.25) is 4.79 Å². The Morgan fingerprint density at radius 1 is 1.35 bits per heavy atom. The summed E-state index contributed by atoms with van der Waals surface area (Å²) in [6, 6.07) is 0. The van der Waals surface area contributed by atoms with Crippen LogP contribution in [0.2, 0.25) is 0 Å². The monoisotopic (exact) mass is 380 g/mol. The van der Waals surface area contributed by atoms with Crippen molar-refractivity contribution < 1.29 is 19.4 Å². The van der Waals surface area contributed by atoms with Gasteiger partial charge >= 0.3 is 5.97 Å². The number of carbonyl (C=O) groups excluding carboxylic acids is 1. The smallest absolute Gasteiger partial charge is 0.330 e. The van der Waals surface area contributed by atoms with Gasteiger partial charge in [0.15, 0.2) is 0 Å². The normalized spacial score (nSPS) is 27.9. The maximum atomic E-state index is 12.9. The average molecular weight is 381 g/mol. The molecule has 0 saturated heterocycles. The first kappa shape index (κ1) is 19.3. The summed E-state index contributed by atoms with van der Waals surface area (Å²) in [5.41, 5.74) is -1.31. The van der Waals surface area contributed by atoms with Crippen molar-refractivity contribution in [3.8, 4) is 0 Å². The molecular formula is C19H28N2O4S. The van der Waals surface area contributed by atoms with Crippen LogP contribution >= 0.6 is 11.3 Å². The van der Waals surface area contributed by atoms with Crippen molar-refractivity contribution in [3.63, 3.8) is 0 Å². The highest BCUT2D eigenvalue weighted by Crippen LogP contribution is 2.51. The molecule has 0 aliphatic heterocycles. The number of aliphatic carboxylic acids is 1. The first-order chi connectivity index (χ1) is 12.2. The second-order valence-corrected chi connectivity index (χ2v) is 9.01. The van der Waals surface area contributed by atoms with Gasteiger partial charge in [0.1, 0.15) is 10.4 Å². The number of hydrogen-bond acceptors (Lipinski definition) is 5. The molecular weight excluding hydrogens is 352 g/mol. The van der Waals surface area contributed by atoms with Crippen LogP contribution in [0.1, 0.15) is 79.2 Å². The fourth-order valence-electron chi connectivity index (χ4n) is 4.26. The van der Waals surface area contributed by atoms with Gasteiger partial charge in [-0.15, -0.1) is 11.3 Å². The van der Waals surface area contributed by atoms with Gasteiger partial charge in [0.25, 0.3) is 5.91 Å². The Bertz CT molecular complexity index is 708. The van der Waals surface area contributed by atoms with Crippen molar-refractivity contribution in [2.24, 2.45) is 5.41 Å². The lowest BCUT2D eigenvalue weighted by atomic mass is 9.54. The highest BCUT2D eigenvalue weighted by molar-refractivity contribution is 7.13. The quantitative estimate of drug-likeness (QED) is 0.788. The van der Waals surface area contributed by atoms with E-state index < -0.39 is 16.9 Å². The zero-order valence-electron chi connectivity index (χ0n) is 15.9. The topological polar surface area (TPSA) is 88.5 Å². The SMILES string of the molecule is CCOC1CC(NC(=O)c2sc(C3CCCC3)nc2C)(C(=O)O)C1(C)C. The fraction of sp³-hybridized carbons (Fsp3) is 0.737. The summed E-state index contributed by atoms with van der Waals surface area (Å²) in [4.78, 5) is 30.1. The first-order valence-electron chi connectivity index (χ1n) is 9.37.